The Labute approximate surface area is 158 Å². The molecule has 0 radical (unpaired) electrons. The minimum Gasteiger partial charge on any atom is -0.478 e. The summed E-state index contributed by atoms with van der Waals surface area (Å²) in [6, 6.07) is 7.62. The van der Waals surface area contributed by atoms with Gasteiger partial charge in [0, 0.05) is 17.6 Å². The maximum absolute atomic E-state index is 11.1. The molecule has 25 heavy (non-hydrogen) atoms. The molecule has 0 aliphatic carbocycles. The van der Waals surface area contributed by atoms with E-state index in [0.29, 0.717) is 16.6 Å². The van der Waals surface area contributed by atoms with Crippen molar-refractivity contribution in [2.75, 3.05) is 5.32 Å². The van der Waals surface area contributed by atoms with Crippen LogP contribution >= 0.6 is 35.3 Å². The summed E-state index contributed by atoms with van der Waals surface area (Å²) in [6.07, 6.45) is 1.58. The molecule has 2 N–H and O–H groups in total. The Kier molecular flexibility index (Phi) is 6.19. The highest BCUT2D eigenvalue weighted by Crippen LogP contribution is 2.31. The number of aromatic carboxylic acids is 1. The van der Waals surface area contributed by atoms with Crippen molar-refractivity contribution in [2.45, 2.75) is 6.92 Å². The highest BCUT2D eigenvalue weighted by atomic mass is 35.5. The number of nitrogens with zero attached hydrogens (tertiary/aromatic N) is 2. The van der Waals surface area contributed by atoms with E-state index in [-0.39, 0.29) is 23.7 Å². The van der Waals surface area contributed by atoms with Gasteiger partial charge >= 0.3 is 5.97 Å². The maximum Gasteiger partial charge on any atom is 0.335 e. The number of carboxylic acids is 1. The molecular weight excluding hydrogens is 385 g/mol. The molecule has 0 aliphatic rings. The molecule has 9 heteroatoms. The Morgan fingerprint density at radius 2 is 2.12 bits per heavy atom. The van der Waals surface area contributed by atoms with Gasteiger partial charge < -0.3 is 15.2 Å². The first kappa shape index (κ1) is 19.0. The van der Waals surface area contributed by atoms with Crippen LogP contribution in [0.5, 0.6) is 11.5 Å². The molecule has 0 saturated heterocycles. The molecule has 2 heterocycles. The molecule has 0 atom stereocenters. The third-order valence-electron chi connectivity index (χ3n) is 2.99. The average Bonchev–Trinajstić information content (AvgIpc) is 2.94. The summed E-state index contributed by atoms with van der Waals surface area (Å²) < 4.78 is 5.69. The van der Waals surface area contributed by atoms with Crippen LogP contribution in [-0.4, -0.2) is 21.0 Å². The van der Waals surface area contributed by atoms with E-state index in [9.17, 15) is 4.79 Å². The van der Waals surface area contributed by atoms with E-state index in [1.54, 1.807) is 18.3 Å². The van der Waals surface area contributed by atoms with Gasteiger partial charge in [-0.3, -0.25) is 0 Å². The van der Waals surface area contributed by atoms with Crippen molar-refractivity contribution >= 4 is 52.3 Å². The number of aromatic nitrogens is 2. The molecule has 0 fully saturated rings. The monoisotopic (exact) mass is 397 g/mol. The SMILES string of the molecule is Cc1csc(Nc2cc(Oc3cc(C(=O)O)ccc3Cl)ccn2)n1.Cl. The number of benzene rings is 1. The predicted molar refractivity (Wildman–Crippen MR) is 100 cm³/mol. The average molecular weight is 398 g/mol. The van der Waals surface area contributed by atoms with Crippen LogP contribution in [0.25, 0.3) is 0 Å². The Morgan fingerprint density at radius 1 is 1.32 bits per heavy atom. The zero-order chi connectivity index (χ0) is 17.1. The first-order valence-corrected chi connectivity index (χ1v) is 8.13. The van der Waals surface area contributed by atoms with E-state index in [1.807, 2.05) is 12.3 Å². The number of carbonyl (C=O) groups is 1. The minimum atomic E-state index is -1.05. The highest BCUT2D eigenvalue weighted by Gasteiger charge is 2.10. The molecule has 130 valence electrons. The van der Waals surface area contributed by atoms with E-state index in [4.69, 9.17) is 21.4 Å². The van der Waals surface area contributed by atoms with Gasteiger partial charge in [0.2, 0.25) is 0 Å². The number of ether oxygens (including phenoxy) is 1. The van der Waals surface area contributed by atoms with Crippen molar-refractivity contribution in [1.82, 2.24) is 9.97 Å². The highest BCUT2D eigenvalue weighted by molar-refractivity contribution is 7.13. The Morgan fingerprint density at radius 3 is 2.80 bits per heavy atom. The van der Waals surface area contributed by atoms with Crippen molar-refractivity contribution in [3.63, 3.8) is 0 Å². The lowest BCUT2D eigenvalue weighted by molar-refractivity contribution is 0.0696. The largest absolute Gasteiger partial charge is 0.478 e. The fourth-order valence-corrected chi connectivity index (χ4v) is 2.76. The number of carboxylic acid groups (broad SMARTS) is 1. The summed E-state index contributed by atoms with van der Waals surface area (Å²) in [6.45, 7) is 1.91. The summed E-state index contributed by atoms with van der Waals surface area (Å²) in [5.74, 6) is 0.254. The zero-order valence-corrected chi connectivity index (χ0v) is 15.3. The van der Waals surface area contributed by atoms with Gasteiger partial charge in [0.15, 0.2) is 5.13 Å². The molecule has 0 amide bonds. The van der Waals surface area contributed by atoms with Crippen LogP contribution in [0.3, 0.4) is 0 Å². The van der Waals surface area contributed by atoms with Crippen LogP contribution in [0.4, 0.5) is 10.9 Å². The van der Waals surface area contributed by atoms with Crippen LogP contribution in [0.2, 0.25) is 5.02 Å². The first-order valence-electron chi connectivity index (χ1n) is 6.87. The lowest BCUT2D eigenvalue weighted by Gasteiger charge is -2.09. The lowest BCUT2D eigenvalue weighted by atomic mass is 10.2. The number of thiazole rings is 1. The smallest absolute Gasteiger partial charge is 0.335 e. The number of nitrogens with one attached hydrogen (secondary N) is 1. The van der Waals surface area contributed by atoms with Crippen LogP contribution in [0.15, 0.2) is 41.9 Å². The molecule has 0 aliphatic heterocycles. The number of rotatable bonds is 5. The molecule has 0 unspecified atom stereocenters. The summed E-state index contributed by atoms with van der Waals surface area (Å²) in [5.41, 5.74) is 1.02. The van der Waals surface area contributed by atoms with Gasteiger partial charge in [-0.15, -0.1) is 23.7 Å². The third kappa shape index (κ3) is 4.82. The van der Waals surface area contributed by atoms with Crippen LogP contribution < -0.4 is 10.1 Å². The molecule has 0 saturated carbocycles. The molecule has 0 bridgehead atoms. The zero-order valence-electron chi connectivity index (χ0n) is 12.9. The number of halogens is 2. The van der Waals surface area contributed by atoms with Crippen molar-refractivity contribution in [3.05, 3.63) is 58.2 Å². The fraction of sp³-hybridized carbons (Fsp3) is 0.0625. The molecule has 3 rings (SSSR count). The van der Waals surface area contributed by atoms with E-state index in [0.717, 1.165) is 10.8 Å². The summed E-state index contributed by atoms with van der Waals surface area (Å²) in [4.78, 5) is 19.6. The number of hydrogen-bond donors (Lipinski definition) is 2. The molecule has 6 nitrogen and oxygen atoms in total. The molecule has 1 aromatic carbocycles. The van der Waals surface area contributed by atoms with E-state index in [2.05, 4.69) is 15.3 Å². The maximum atomic E-state index is 11.1. The van der Waals surface area contributed by atoms with E-state index >= 15 is 0 Å². The van der Waals surface area contributed by atoms with E-state index in [1.165, 1.54) is 29.5 Å². The topological polar surface area (TPSA) is 84.3 Å². The standard InChI is InChI=1S/C16H12ClN3O3S.ClH/c1-9-8-24-16(19-9)20-14-7-11(4-5-18-14)23-13-6-10(15(21)22)2-3-12(13)17;/h2-8H,1H3,(H,21,22)(H,18,19,20);1H. The van der Waals surface area contributed by atoms with Gasteiger partial charge in [-0.2, -0.15) is 0 Å². The van der Waals surface area contributed by atoms with Gasteiger partial charge in [-0.05, 0) is 31.2 Å². The second-order valence-electron chi connectivity index (χ2n) is 4.85. The number of anilines is 2. The van der Waals surface area contributed by atoms with Gasteiger partial charge in [0.25, 0.3) is 0 Å². The normalized spacial score (nSPS) is 10.0. The quantitative estimate of drug-likeness (QED) is 0.618. The van der Waals surface area contributed by atoms with Crippen LogP contribution in [0, 0.1) is 6.92 Å². The van der Waals surface area contributed by atoms with Gasteiger partial charge in [0.1, 0.15) is 17.3 Å². The van der Waals surface area contributed by atoms with Crippen molar-refractivity contribution in [1.29, 1.82) is 0 Å². The summed E-state index contributed by atoms with van der Waals surface area (Å²) in [7, 11) is 0. The Bertz CT molecular complexity index is 902. The molecular formula is C16H13Cl2N3O3S. The van der Waals surface area contributed by atoms with E-state index < -0.39 is 5.97 Å². The first-order chi connectivity index (χ1) is 11.5. The predicted octanol–water partition coefficient (Wildman–Crippen LogP) is 5.16. The van der Waals surface area contributed by atoms with Crippen molar-refractivity contribution in [3.8, 4) is 11.5 Å². The summed E-state index contributed by atoms with van der Waals surface area (Å²) in [5, 5.41) is 15.1. The summed E-state index contributed by atoms with van der Waals surface area (Å²) >= 11 is 7.54. The molecule has 3 aromatic rings. The number of pyridine rings is 1. The number of hydrogen-bond acceptors (Lipinski definition) is 6. The van der Waals surface area contributed by atoms with Crippen LogP contribution in [-0.2, 0) is 0 Å². The minimum absolute atomic E-state index is 0. The fourth-order valence-electron chi connectivity index (χ4n) is 1.91. The molecule has 0 spiro atoms. The van der Waals surface area contributed by atoms with Crippen LogP contribution in [0.1, 0.15) is 16.1 Å². The second-order valence-corrected chi connectivity index (χ2v) is 6.11. The molecule has 2 aromatic heterocycles. The van der Waals surface area contributed by atoms with Gasteiger partial charge in [0.05, 0.1) is 16.3 Å². The second kappa shape index (κ2) is 8.15. The number of aryl methyl sites for hydroxylation is 1. The Hall–Kier alpha value is -2.35. The lowest BCUT2D eigenvalue weighted by Crippen LogP contribution is -1.97. The van der Waals surface area contributed by atoms with Gasteiger partial charge in [-0.25, -0.2) is 14.8 Å². The van der Waals surface area contributed by atoms with Crippen molar-refractivity contribution < 1.29 is 14.6 Å². The van der Waals surface area contributed by atoms with Gasteiger partial charge in [-0.1, -0.05) is 11.6 Å². The van der Waals surface area contributed by atoms with Crippen molar-refractivity contribution in [2.24, 2.45) is 0 Å². The third-order valence-corrected chi connectivity index (χ3v) is 4.18. The Balaban J connectivity index is 0.00000225.